The topological polar surface area (TPSA) is 113 Å². The SMILES string of the molecule is CO[C@@H]1[C@@H](OC2OC(C)C(C)C(N(C)C)C2C)[C@@H](C)C[C@@H](C)C(=O)C[C@@H]2NC(=O)O[C@@H]2[C@@H](C)C[C@@H](C)OC(=O)C[C@H]1C. The van der Waals surface area contributed by atoms with Crippen LogP contribution in [-0.2, 0) is 33.3 Å². The highest BCUT2D eigenvalue weighted by atomic mass is 16.7. The van der Waals surface area contributed by atoms with E-state index >= 15 is 0 Å². The molecular formula is C32H56N2O8. The van der Waals surface area contributed by atoms with Gasteiger partial charge in [-0.15, -0.1) is 0 Å². The summed E-state index contributed by atoms with van der Waals surface area (Å²) in [7, 11) is 5.82. The van der Waals surface area contributed by atoms with Crippen molar-refractivity contribution < 1.29 is 38.1 Å². The van der Waals surface area contributed by atoms with Gasteiger partial charge in [0.25, 0.3) is 0 Å². The first-order valence-electron chi connectivity index (χ1n) is 15.8. The number of esters is 1. The Hall–Kier alpha value is -1.75. The Bertz CT molecular complexity index is 930. The van der Waals surface area contributed by atoms with Crippen molar-refractivity contribution >= 4 is 17.8 Å². The van der Waals surface area contributed by atoms with Crippen LogP contribution < -0.4 is 5.32 Å². The van der Waals surface area contributed by atoms with E-state index in [4.69, 9.17) is 23.7 Å². The Labute approximate surface area is 252 Å². The maximum Gasteiger partial charge on any atom is 0.407 e. The maximum atomic E-state index is 13.5. The lowest BCUT2D eigenvalue weighted by molar-refractivity contribution is -0.282. The van der Waals surface area contributed by atoms with Gasteiger partial charge in [-0.25, -0.2) is 4.79 Å². The third kappa shape index (κ3) is 8.24. The van der Waals surface area contributed by atoms with Gasteiger partial charge in [-0.3, -0.25) is 9.59 Å². The molecule has 0 aromatic rings. The minimum Gasteiger partial charge on any atom is -0.463 e. The molecule has 3 fully saturated rings. The fourth-order valence-electron chi connectivity index (χ4n) is 7.61. The van der Waals surface area contributed by atoms with Crippen LogP contribution in [0.5, 0.6) is 0 Å². The minimum atomic E-state index is -0.514. The average Bonchev–Trinajstić information content (AvgIpc) is 3.25. The first-order valence-corrected chi connectivity index (χ1v) is 15.8. The molecular weight excluding hydrogens is 540 g/mol. The summed E-state index contributed by atoms with van der Waals surface area (Å²) in [6.07, 6.45) is -1.28. The molecule has 0 radical (unpaired) electrons. The lowest BCUT2D eigenvalue weighted by Gasteiger charge is -2.48. The van der Waals surface area contributed by atoms with Crippen LogP contribution in [0, 0.1) is 35.5 Å². The zero-order chi connectivity index (χ0) is 31.5. The predicted molar refractivity (Wildman–Crippen MR) is 159 cm³/mol. The van der Waals surface area contributed by atoms with E-state index in [2.05, 4.69) is 52.0 Å². The molecule has 0 aromatic heterocycles. The van der Waals surface area contributed by atoms with Crippen LogP contribution in [0.2, 0.25) is 0 Å². The lowest BCUT2D eigenvalue weighted by atomic mass is 9.81. The van der Waals surface area contributed by atoms with E-state index in [-0.39, 0.29) is 72.4 Å². The number of rotatable bonds is 4. The molecule has 0 aromatic carbocycles. The normalized spacial score (nSPS) is 44.7. The Morgan fingerprint density at radius 3 is 2.10 bits per heavy atom. The second-order valence-electron chi connectivity index (χ2n) is 13.8. The molecule has 242 valence electrons. The van der Waals surface area contributed by atoms with Crippen LogP contribution >= 0.6 is 0 Å². The lowest BCUT2D eigenvalue weighted by Crippen LogP contribution is -2.56. The smallest absolute Gasteiger partial charge is 0.407 e. The van der Waals surface area contributed by atoms with Gasteiger partial charge in [-0.1, -0.05) is 41.5 Å². The van der Waals surface area contributed by atoms with Crippen molar-refractivity contribution in [1.29, 1.82) is 0 Å². The number of amides is 1. The highest BCUT2D eigenvalue weighted by Gasteiger charge is 2.45. The Balaban J connectivity index is 1.91. The fourth-order valence-corrected chi connectivity index (χ4v) is 7.61. The highest BCUT2D eigenvalue weighted by Crippen LogP contribution is 2.37. The number of methoxy groups -OCH3 is 1. The van der Waals surface area contributed by atoms with E-state index in [1.54, 1.807) is 7.11 Å². The van der Waals surface area contributed by atoms with E-state index in [1.807, 2.05) is 27.7 Å². The summed E-state index contributed by atoms with van der Waals surface area (Å²) in [6.45, 7) is 16.3. The third-order valence-corrected chi connectivity index (χ3v) is 9.93. The van der Waals surface area contributed by atoms with Crippen LogP contribution in [0.25, 0.3) is 0 Å². The molecule has 1 N–H and O–H groups in total. The Morgan fingerprint density at radius 1 is 0.810 bits per heavy atom. The predicted octanol–water partition coefficient (Wildman–Crippen LogP) is 4.43. The molecule has 14 atom stereocenters. The van der Waals surface area contributed by atoms with E-state index < -0.39 is 36.7 Å². The summed E-state index contributed by atoms with van der Waals surface area (Å²) < 4.78 is 30.7. The van der Waals surface area contributed by atoms with Gasteiger partial charge in [0.2, 0.25) is 0 Å². The van der Waals surface area contributed by atoms with Gasteiger partial charge in [0.05, 0.1) is 36.9 Å². The number of nitrogens with zero attached hydrogens (tertiary/aromatic N) is 1. The van der Waals surface area contributed by atoms with Gasteiger partial charge in [-0.2, -0.15) is 0 Å². The number of cyclic esters (lactones) is 1. The average molecular weight is 597 g/mol. The fraction of sp³-hybridized carbons (Fsp3) is 0.906. The second kappa shape index (κ2) is 14.8. The number of fused-ring (bicyclic) bond motifs is 1. The minimum absolute atomic E-state index is 0.00494. The largest absolute Gasteiger partial charge is 0.463 e. The highest BCUT2D eigenvalue weighted by molar-refractivity contribution is 5.82. The maximum absolute atomic E-state index is 13.5. The monoisotopic (exact) mass is 596 g/mol. The van der Waals surface area contributed by atoms with Crippen molar-refractivity contribution in [3.05, 3.63) is 0 Å². The zero-order valence-electron chi connectivity index (χ0n) is 27.6. The molecule has 1 amide bonds. The van der Waals surface area contributed by atoms with Gasteiger partial charge >= 0.3 is 12.1 Å². The van der Waals surface area contributed by atoms with Crippen molar-refractivity contribution in [3.8, 4) is 0 Å². The van der Waals surface area contributed by atoms with Gasteiger partial charge in [0, 0.05) is 31.4 Å². The van der Waals surface area contributed by atoms with Crippen molar-refractivity contribution in [2.24, 2.45) is 35.5 Å². The molecule has 3 rings (SSSR count). The number of carbonyl (C=O) groups excluding carboxylic acids is 3. The number of hydrogen-bond donors (Lipinski definition) is 1. The summed E-state index contributed by atoms with van der Waals surface area (Å²) in [6, 6.07) is -0.162. The number of hydrogen-bond acceptors (Lipinski definition) is 9. The molecule has 42 heavy (non-hydrogen) atoms. The molecule has 0 saturated carbocycles. The van der Waals surface area contributed by atoms with Crippen molar-refractivity contribution in [3.63, 3.8) is 0 Å². The molecule has 3 heterocycles. The summed E-state index contributed by atoms with van der Waals surface area (Å²) in [5.41, 5.74) is 0. The molecule has 0 aliphatic carbocycles. The van der Waals surface area contributed by atoms with Gasteiger partial charge in [0.1, 0.15) is 11.9 Å². The van der Waals surface area contributed by atoms with Crippen LogP contribution in [-0.4, -0.2) is 92.8 Å². The van der Waals surface area contributed by atoms with Crippen molar-refractivity contribution in [2.75, 3.05) is 21.2 Å². The molecule has 0 spiro atoms. The molecule has 0 bridgehead atoms. The number of carbonyl (C=O) groups is 3. The number of alkyl carbamates (subject to hydrolysis) is 1. The standard InChI is InChI=1S/C32H56N2O8/c1-16-12-17(2)30(41-31-22(7)27(34(9)10)21(6)23(8)40-31)29(38-11)19(4)14-26(36)39-20(5)13-18(3)28-24(15-25(16)35)33-32(37)42-28/h16-24,27-31H,12-15H2,1-11H3,(H,33,37)/t16-,17+,18+,19-,20-,21?,22?,23?,24+,27?,28-,29+,30+,31?/m1/s1. The first-order chi connectivity index (χ1) is 19.6. The van der Waals surface area contributed by atoms with Crippen LogP contribution in [0.3, 0.4) is 0 Å². The summed E-state index contributed by atoms with van der Waals surface area (Å²) in [5, 5.41) is 2.83. The molecule has 10 nitrogen and oxygen atoms in total. The van der Waals surface area contributed by atoms with E-state index in [1.165, 1.54) is 0 Å². The Kier molecular flexibility index (Phi) is 12.3. The third-order valence-electron chi connectivity index (χ3n) is 9.93. The van der Waals surface area contributed by atoms with Crippen LogP contribution in [0.1, 0.15) is 81.1 Å². The van der Waals surface area contributed by atoms with Crippen molar-refractivity contribution in [2.45, 2.75) is 130 Å². The molecule has 10 heteroatoms. The molecule has 3 saturated heterocycles. The van der Waals surface area contributed by atoms with Gasteiger partial charge in [-0.05, 0) is 64.5 Å². The Morgan fingerprint density at radius 2 is 1.48 bits per heavy atom. The molecule has 3 aliphatic rings. The summed E-state index contributed by atoms with van der Waals surface area (Å²) in [5.74, 6) is -0.496. The molecule has 3 aliphatic heterocycles. The first kappa shape index (κ1) is 34.7. The van der Waals surface area contributed by atoms with Crippen molar-refractivity contribution in [1.82, 2.24) is 10.2 Å². The van der Waals surface area contributed by atoms with Crippen LogP contribution in [0.4, 0.5) is 4.79 Å². The second-order valence-corrected chi connectivity index (χ2v) is 13.8. The van der Waals surface area contributed by atoms with E-state index in [0.29, 0.717) is 18.8 Å². The summed E-state index contributed by atoms with van der Waals surface area (Å²) in [4.78, 5) is 41.0. The number of ketones is 1. The quantitative estimate of drug-likeness (QED) is 0.471. The number of Topliss-reactive ketones (excluding diaryl/α,β-unsaturated/α-hetero) is 1. The molecule has 5 unspecified atom stereocenters. The van der Waals surface area contributed by atoms with E-state index in [9.17, 15) is 14.4 Å². The summed E-state index contributed by atoms with van der Waals surface area (Å²) >= 11 is 0. The van der Waals surface area contributed by atoms with Gasteiger partial charge < -0.3 is 33.9 Å². The number of ether oxygens (including phenoxy) is 5. The van der Waals surface area contributed by atoms with Crippen LogP contribution in [0.15, 0.2) is 0 Å². The van der Waals surface area contributed by atoms with Gasteiger partial charge in [0.15, 0.2) is 6.29 Å². The number of nitrogens with one attached hydrogen (secondary N) is 1. The van der Waals surface area contributed by atoms with E-state index in [0.717, 1.165) is 0 Å². The zero-order valence-corrected chi connectivity index (χ0v) is 27.6.